The van der Waals surface area contributed by atoms with Crippen LogP contribution in [0.4, 0.5) is 20.6 Å². The molecule has 1 atom stereocenters. The van der Waals surface area contributed by atoms with Crippen LogP contribution in [0, 0.1) is 5.82 Å². The van der Waals surface area contributed by atoms with E-state index in [2.05, 4.69) is 15.5 Å². The first-order chi connectivity index (χ1) is 20.2. The second-order valence-electron chi connectivity index (χ2n) is 11.6. The molecule has 224 valence electrons. The van der Waals surface area contributed by atoms with Gasteiger partial charge in [0.25, 0.3) is 0 Å². The molecule has 11 heteroatoms. The standard InChI is InChI=1S/C31H39FN6O4/c32-22-5-4-8-25(19-22)38-30(42)36-29(35-23-6-2-1-3-7-23)31(38)15-17-37(18-16-31)20-21-9-11-24(12-10-21)34-27(39)14-13-26(33)28(40)41/h4-5,8-12,19,23,26H,1-3,6-7,13-18,20,33H2,(H,34,39)(H,40,41)(H,35,36,42)/t26-/m0/s1. The zero-order chi connectivity index (χ0) is 29.7. The van der Waals surface area contributed by atoms with E-state index < -0.39 is 17.6 Å². The van der Waals surface area contributed by atoms with Crippen LogP contribution in [0.5, 0.6) is 0 Å². The number of piperidine rings is 1. The van der Waals surface area contributed by atoms with Crippen LogP contribution in [0.15, 0.2) is 53.5 Å². The Morgan fingerprint density at radius 2 is 1.83 bits per heavy atom. The lowest BCUT2D eigenvalue weighted by molar-refractivity contribution is -0.138. The van der Waals surface area contributed by atoms with Gasteiger partial charge in [-0.2, -0.15) is 0 Å². The second kappa shape index (κ2) is 13.0. The molecule has 1 spiro atoms. The highest BCUT2D eigenvalue weighted by atomic mass is 19.1. The van der Waals surface area contributed by atoms with Crippen molar-refractivity contribution in [2.24, 2.45) is 10.7 Å². The van der Waals surface area contributed by atoms with E-state index >= 15 is 0 Å². The van der Waals surface area contributed by atoms with E-state index in [4.69, 9.17) is 15.8 Å². The molecule has 2 saturated heterocycles. The molecule has 1 aliphatic carbocycles. The fourth-order valence-electron chi connectivity index (χ4n) is 6.23. The van der Waals surface area contributed by atoms with Crippen molar-refractivity contribution in [3.8, 4) is 0 Å². The molecule has 0 radical (unpaired) electrons. The number of halogens is 1. The van der Waals surface area contributed by atoms with E-state index in [0.717, 1.165) is 44.3 Å². The minimum Gasteiger partial charge on any atom is -0.480 e. The Labute approximate surface area is 245 Å². The van der Waals surface area contributed by atoms with Crippen LogP contribution >= 0.6 is 0 Å². The molecular weight excluding hydrogens is 539 g/mol. The molecule has 5 rings (SSSR count). The van der Waals surface area contributed by atoms with Crippen LogP contribution in [-0.4, -0.2) is 64.5 Å². The number of nitrogens with two attached hydrogens (primary N) is 1. The monoisotopic (exact) mass is 578 g/mol. The number of amidine groups is 1. The molecule has 2 aromatic carbocycles. The number of carbonyl (C=O) groups excluding carboxylic acids is 2. The highest BCUT2D eigenvalue weighted by Crippen LogP contribution is 2.39. The van der Waals surface area contributed by atoms with E-state index in [1.807, 2.05) is 24.3 Å². The third-order valence-corrected chi connectivity index (χ3v) is 8.58. The summed E-state index contributed by atoms with van der Waals surface area (Å²) < 4.78 is 14.2. The SMILES string of the molecule is N[C@@H](CCC(=O)Nc1ccc(CN2CCC3(CC2)C(=NC2CCCCC2)NC(=O)N3c2cccc(F)c2)cc1)C(=O)O. The first kappa shape index (κ1) is 29.7. The predicted molar refractivity (Wildman–Crippen MR) is 159 cm³/mol. The Morgan fingerprint density at radius 1 is 1.12 bits per heavy atom. The lowest BCUT2D eigenvalue weighted by atomic mass is 9.84. The van der Waals surface area contributed by atoms with Crippen molar-refractivity contribution in [3.05, 3.63) is 59.9 Å². The highest BCUT2D eigenvalue weighted by molar-refractivity contribution is 6.19. The first-order valence-electron chi connectivity index (χ1n) is 14.8. The lowest BCUT2D eigenvalue weighted by Crippen LogP contribution is -2.57. The zero-order valence-electron chi connectivity index (χ0n) is 23.7. The fourth-order valence-corrected chi connectivity index (χ4v) is 6.23. The van der Waals surface area contributed by atoms with Gasteiger partial charge in [-0.05, 0) is 68.0 Å². The Bertz CT molecular complexity index is 1320. The zero-order valence-corrected chi connectivity index (χ0v) is 23.7. The van der Waals surface area contributed by atoms with Gasteiger partial charge in [0, 0.05) is 37.4 Å². The second-order valence-corrected chi connectivity index (χ2v) is 11.6. The molecule has 3 fully saturated rings. The number of carboxylic acids is 1. The van der Waals surface area contributed by atoms with Crippen molar-refractivity contribution in [2.75, 3.05) is 23.3 Å². The van der Waals surface area contributed by atoms with Crippen LogP contribution < -0.4 is 21.3 Å². The molecule has 3 amide bonds. The fraction of sp³-hybridized carbons (Fsp3) is 0.484. The third-order valence-electron chi connectivity index (χ3n) is 8.58. The summed E-state index contributed by atoms with van der Waals surface area (Å²) in [5.74, 6) is -1.07. The summed E-state index contributed by atoms with van der Waals surface area (Å²) in [4.78, 5) is 45.5. The summed E-state index contributed by atoms with van der Waals surface area (Å²) in [5, 5.41) is 14.7. The summed E-state index contributed by atoms with van der Waals surface area (Å²) in [6.45, 7) is 2.16. The lowest BCUT2D eigenvalue weighted by Gasteiger charge is -2.44. The number of hydrogen-bond donors (Lipinski definition) is 4. The number of carboxylic acid groups (broad SMARTS) is 1. The van der Waals surface area contributed by atoms with Gasteiger partial charge in [0.2, 0.25) is 5.91 Å². The summed E-state index contributed by atoms with van der Waals surface area (Å²) in [6.07, 6.45) is 6.98. The number of hydrogen-bond acceptors (Lipinski definition) is 6. The van der Waals surface area contributed by atoms with Crippen molar-refractivity contribution in [3.63, 3.8) is 0 Å². The van der Waals surface area contributed by atoms with Crippen molar-refractivity contribution in [1.29, 1.82) is 0 Å². The Hall–Kier alpha value is -3.83. The Morgan fingerprint density at radius 3 is 2.50 bits per heavy atom. The average molecular weight is 579 g/mol. The van der Waals surface area contributed by atoms with Gasteiger partial charge >= 0.3 is 12.0 Å². The van der Waals surface area contributed by atoms with Crippen LogP contribution in [0.2, 0.25) is 0 Å². The molecule has 0 unspecified atom stereocenters. The van der Waals surface area contributed by atoms with Gasteiger partial charge < -0.3 is 16.2 Å². The van der Waals surface area contributed by atoms with Crippen LogP contribution in [0.3, 0.4) is 0 Å². The number of nitrogens with zero attached hydrogens (tertiary/aromatic N) is 3. The highest BCUT2D eigenvalue weighted by Gasteiger charge is 2.53. The molecule has 2 heterocycles. The molecule has 3 aliphatic rings. The number of carbonyl (C=O) groups is 3. The molecule has 5 N–H and O–H groups in total. The van der Waals surface area contributed by atoms with E-state index in [-0.39, 0.29) is 36.6 Å². The van der Waals surface area contributed by atoms with Crippen molar-refractivity contribution in [1.82, 2.24) is 10.2 Å². The van der Waals surface area contributed by atoms with Crippen LogP contribution in [0.1, 0.15) is 63.4 Å². The summed E-state index contributed by atoms with van der Waals surface area (Å²) >= 11 is 0. The molecule has 10 nitrogen and oxygen atoms in total. The minimum atomic E-state index is -1.12. The molecule has 0 bridgehead atoms. The molecule has 2 aliphatic heterocycles. The van der Waals surface area contributed by atoms with Gasteiger partial charge in [0.05, 0.1) is 6.04 Å². The third kappa shape index (κ3) is 6.79. The van der Waals surface area contributed by atoms with Gasteiger partial charge in [-0.25, -0.2) is 9.18 Å². The number of urea groups is 1. The molecular formula is C31H39FN6O4. The first-order valence-corrected chi connectivity index (χ1v) is 14.8. The quantitative estimate of drug-likeness (QED) is 0.351. The van der Waals surface area contributed by atoms with E-state index in [9.17, 15) is 18.8 Å². The maximum atomic E-state index is 14.2. The van der Waals surface area contributed by atoms with Gasteiger partial charge in [0.1, 0.15) is 23.2 Å². The van der Waals surface area contributed by atoms with E-state index in [1.165, 1.54) is 18.6 Å². The van der Waals surface area contributed by atoms with Crippen LogP contribution in [0.25, 0.3) is 0 Å². The van der Waals surface area contributed by atoms with Crippen LogP contribution in [-0.2, 0) is 16.1 Å². The maximum absolute atomic E-state index is 14.2. The largest absolute Gasteiger partial charge is 0.480 e. The molecule has 42 heavy (non-hydrogen) atoms. The van der Waals surface area contributed by atoms with Crippen molar-refractivity contribution < 1.29 is 23.9 Å². The number of nitrogens with one attached hydrogen (secondary N) is 2. The average Bonchev–Trinajstić information content (AvgIpc) is 3.24. The van der Waals surface area contributed by atoms with Gasteiger partial charge in [-0.1, -0.05) is 37.5 Å². The predicted octanol–water partition coefficient (Wildman–Crippen LogP) is 4.25. The van der Waals surface area contributed by atoms with Gasteiger partial charge in [-0.3, -0.25) is 29.7 Å². The maximum Gasteiger partial charge on any atom is 0.328 e. The molecule has 0 aromatic heterocycles. The number of aliphatic imine (C=N–C) groups is 1. The number of rotatable bonds is 9. The Kier molecular flexibility index (Phi) is 9.18. The molecule has 2 aromatic rings. The van der Waals surface area contributed by atoms with E-state index in [1.54, 1.807) is 17.0 Å². The summed E-state index contributed by atoms with van der Waals surface area (Å²) in [6, 6.07) is 12.7. The van der Waals surface area contributed by atoms with Crippen molar-refractivity contribution in [2.45, 2.75) is 82.0 Å². The molecule has 1 saturated carbocycles. The normalized spacial score (nSPS) is 21.0. The van der Waals surface area contributed by atoms with Gasteiger partial charge in [-0.15, -0.1) is 0 Å². The van der Waals surface area contributed by atoms with E-state index in [0.29, 0.717) is 36.6 Å². The summed E-state index contributed by atoms with van der Waals surface area (Å²) in [7, 11) is 0. The van der Waals surface area contributed by atoms with Crippen molar-refractivity contribution >= 4 is 35.1 Å². The number of amides is 3. The topological polar surface area (TPSA) is 140 Å². The number of anilines is 2. The minimum absolute atomic E-state index is 0.0286. The number of aliphatic carboxylic acids is 1. The summed E-state index contributed by atoms with van der Waals surface area (Å²) in [5.41, 5.74) is 7.09. The van der Waals surface area contributed by atoms with Gasteiger partial charge in [0.15, 0.2) is 0 Å². The number of likely N-dealkylation sites (tertiary alicyclic amines) is 1. The number of benzene rings is 2. The smallest absolute Gasteiger partial charge is 0.328 e. The Balaban J connectivity index is 1.25.